The molecule has 1 unspecified atom stereocenters. The molecular formula is C14H20N2O3. The van der Waals surface area contributed by atoms with Gasteiger partial charge in [-0.05, 0) is 30.5 Å². The third-order valence-electron chi connectivity index (χ3n) is 2.98. The van der Waals surface area contributed by atoms with Crippen LogP contribution in [0.4, 0.5) is 5.69 Å². The predicted molar refractivity (Wildman–Crippen MR) is 74.2 cm³/mol. The molecule has 4 N–H and O–H groups in total. The standard InChI is InChI=1S/C14H20N2O3/c1-8(2)11(7-13(17)18)16-12-6-9(3)4-5-10(12)14(15)19/h4-6,8,11,16H,7H2,1-3H3,(H2,15,19)(H,17,18). The van der Waals surface area contributed by atoms with Gasteiger partial charge in [-0.3, -0.25) is 9.59 Å². The Morgan fingerprint density at radius 3 is 2.47 bits per heavy atom. The number of carboxylic acid groups (broad SMARTS) is 1. The van der Waals surface area contributed by atoms with Crippen LogP contribution in [0.1, 0.15) is 36.2 Å². The summed E-state index contributed by atoms with van der Waals surface area (Å²) < 4.78 is 0. The number of carbonyl (C=O) groups is 2. The van der Waals surface area contributed by atoms with Crippen LogP contribution in [0.2, 0.25) is 0 Å². The maximum Gasteiger partial charge on any atom is 0.305 e. The molecule has 0 saturated carbocycles. The lowest BCUT2D eigenvalue weighted by Crippen LogP contribution is -2.30. The van der Waals surface area contributed by atoms with Crippen LogP contribution in [0, 0.1) is 12.8 Å². The first-order valence-electron chi connectivity index (χ1n) is 6.20. The second kappa shape index (κ2) is 6.22. The molecule has 1 aromatic rings. The Morgan fingerprint density at radius 1 is 1.37 bits per heavy atom. The molecule has 0 aliphatic carbocycles. The zero-order valence-corrected chi connectivity index (χ0v) is 11.4. The lowest BCUT2D eigenvalue weighted by Gasteiger charge is -2.23. The van der Waals surface area contributed by atoms with E-state index in [2.05, 4.69) is 5.32 Å². The van der Waals surface area contributed by atoms with E-state index >= 15 is 0 Å². The molecule has 104 valence electrons. The Kier molecular flexibility index (Phi) is 4.92. The minimum absolute atomic E-state index is 0.0101. The van der Waals surface area contributed by atoms with Crippen molar-refractivity contribution < 1.29 is 14.7 Å². The largest absolute Gasteiger partial charge is 0.481 e. The number of nitrogens with one attached hydrogen (secondary N) is 1. The van der Waals surface area contributed by atoms with Gasteiger partial charge in [-0.2, -0.15) is 0 Å². The van der Waals surface area contributed by atoms with Gasteiger partial charge < -0.3 is 16.2 Å². The van der Waals surface area contributed by atoms with E-state index in [1.165, 1.54) is 0 Å². The molecule has 1 aromatic carbocycles. The molecule has 0 fully saturated rings. The van der Waals surface area contributed by atoms with Gasteiger partial charge in [0, 0.05) is 11.7 Å². The Hall–Kier alpha value is -2.04. The number of primary amides is 1. The van der Waals surface area contributed by atoms with Crippen LogP contribution in [0.15, 0.2) is 18.2 Å². The van der Waals surface area contributed by atoms with Crippen LogP contribution < -0.4 is 11.1 Å². The number of carboxylic acids is 1. The molecule has 1 amide bonds. The van der Waals surface area contributed by atoms with Crippen LogP contribution in [0.3, 0.4) is 0 Å². The van der Waals surface area contributed by atoms with Crippen molar-refractivity contribution in [3.63, 3.8) is 0 Å². The van der Waals surface area contributed by atoms with Crippen molar-refractivity contribution in [3.8, 4) is 0 Å². The highest BCUT2D eigenvalue weighted by Gasteiger charge is 2.19. The van der Waals surface area contributed by atoms with Gasteiger partial charge in [-0.1, -0.05) is 19.9 Å². The molecule has 0 aromatic heterocycles. The molecule has 0 radical (unpaired) electrons. The Bertz CT molecular complexity index is 484. The average molecular weight is 264 g/mol. The van der Waals surface area contributed by atoms with Crippen molar-refractivity contribution >= 4 is 17.6 Å². The quantitative estimate of drug-likeness (QED) is 0.732. The van der Waals surface area contributed by atoms with Gasteiger partial charge in [-0.25, -0.2) is 0 Å². The molecule has 1 atom stereocenters. The van der Waals surface area contributed by atoms with E-state index < -0.39 is 11.9 Å². The second-order valence-corrected chi connectivity index (χ2v) is 5.01. The maximum absolute atomic E-state index is 11.4. The first-order chi connectivity index (χ1) is 8.81. The first kappa shape index (κ1) is 15.0. The highest BCUT2D eigenvalue weighted by molar-refractivity contribution is 5.98. The van der Waals surface area contributed by atoms with E-state index in [0.29, 0.717) is 11.3 Å². The number of amides is 1. The monoisotopic (exact) mass is 264 g/mol. The molecule has 0 bridgehead atoms. The van der Waals surface area contributed by atoms with Crippen LogP contribution in [0.25, 0.3) is 0 Å². The van der Waals surface area contributed by atoms with Crippen molar-refractivity contribution in [3.05, 3.63) is 29.3 Å². The molecule has 5 nitrogen and oxygen atoms in total. The van der Waals surface area contributed by atoms with E-state index in [1.54, 1.807) is 18.2 Å². The van der Waals surface area contributed by atoms with Crippen LogP contribution in [0.5, 0.6) is 0 Å². The van der Waals surface area contributed by atoms with Crippen LogP contribution in [-0.4, -0.2) is 23.0 Å². The van der Waals surface area contributed by atoms with Crippen LogP contribution >= 0.6 is 0 Å². The summed E-state index contributed by atoms with van der Waals surface area (Å²) in [5.74, 6) is -1.28. The molecule has 0 aliphatic heterocycles. The van der Waals surface area contributed by atoms with E-state index in [0.717, 1.165) is 5.56 Å². The third kappa shape index (κ3) is 4.28. The number of nitrogens with two attached hydrogens (primary N) is 1. The normalized spacial score (nSPS) is 12.2. The number of aryl methyl sites for hydroxylation is 1. The molecule has 19 heavy (non-hydrogen) atoms. The Labute approximate surface area is 112 Å². The average Bonchev–Trinajstić information content (AvgIpc) is 2.26. The number of rotatable bonds is 6. The highest BCUT2D eigenvalue weighted by atomic mass is 16.4. The summed E-state index contributed by atoms with van der Waals surface area (Å²) in [6.07, 6.45) is -0.0101. The third-order valence-corrected chi connectivity index (χ3v) is 2.98. The fraction of sp³-hybridized carbons (Fsp3) is 0.429. The zero-order chi connectivity index (χ0) is 14.6. The summed E-state index contributed by atoms with van der Waals surface area (Å²) in [7, 11) is 0. The molecule has 1 rings (SSSR count). The number of hydrogen-bond donors (Lipinski definition) is 3. The van der Waals surface area contributed by atoms with Crippen molar-refractivity contribution in [2.75, 3.05) is 5.32 Å². The zero-order valence-electron chi connectivity index (χ0n) is 11.4. The smallest absolute Gasteiger partial charge is 0.305 e. The lowest BCUT2D eigenvalue weighted by atomic mass is 9.99. The van der Waals surface area contributed by atoms with E-state index in [1.807, 2.05) is 20.8 Å². The van der Waals surface area contributed by atoms with Crippen LogP contribution in [-0.2, 0) is 4.79 Å². The minimum atomic E-state index is -0.875. The topological polar surface area (TPSA) is 92.4 Å². The molecule has 0 spiro atoms. The summed E-state index contributed by atoms with van der Waals surface area (Å²) in [4.78, 5) is 22.2. The lowest BCUT2D eigenvalue weighted by molar-refractivity contribution is -0.137. The van der Waals surface area contributed by atoms with Gasteiger partial charge in [0.2, 0.25) is 0 Å². The first-order valence-corrected chi connectivity index (χ1v) is 6.20. The van der Waals surface area contributed by atoms with E-state index in [-0.39, 0.29) is 18.4 Å². The fourth-order valence-corrected chi connectivity index (χ4v) is 1.83. The number of carbonyl (C=O) groups excluding carboxylic acids is 1. The SMILES string of the molecule is Cc1ccc(C(N)=O)c(NC(CC(=O)O)C(C)C)c1. The molecule has 0 aliphatic rings. The van der Waals surface area contributed by atoms with Crippen molar-refractivity contribution in [1.82, 2.24) is 0 Å². The minimum Gasteiger partial charge on any atom is -0.481 e. The van der Waals surface area contributed by atoms with E-state index in [4.69, 9.17) is 10.8 Å². The number of hydrogen-bond acceptors (Lipinski definition) is 3. The van der Waals surface area contributed by atoms with Gasteiger partial charge in [0.15, 0.2) is 0 Å². The van der Waals surface area contributed by atoms with Crippen molar-refractivity contribution in [1.29, 1.82) is 0 Å². The predicted octanol–water partition coefficient (Wildman–Crippen LogP) is 2.01. The summed E-state index contributed by atoms with van der Waals surface area (Å²) in [6.45, 7) is 5.76. The summed E-state index contributed by atoms with van der Waals surface area (Å²) >= 11 is 0. The molecule has 5 heteroatoms. The number of anilines is 1. The van der Waals surface area contributed by atoms with Gasteiger partial charge in [0.25, 0.3) is 5.91 Å². The maximum atomic E-state index is 11.4. The summed E-state index contributed by atoms with van der Waals surface area (Å²) in [6, 6.07) is 5.00. The Balaban J connectivity index is 3.04. The van der Waals surface area contributed by atoms with Gasteiger partial charge in [0.1, 0.15) is 0 Å². The molecule has 0 saturated heterocycles. The number of benzene rings is 1. The summed E-state index contributed by atoms with van der Waals surface area (Å²) in [5.41, 5.74) is 7.27. The van der Waals surface area contributed by atoms with Gasteiger partial charge >= 0.3 is 5.97 Å². The Morgan fingerprint density at radius 2 is 2.00 bits per heavy atom. The number of aliphatic carboxylic acids is 1. The highest BCUT2D eigenvalue weighted by Crippen LogP contribution is 2.21. The fourth-order valence-electron chi connectivity index (χ4n) is 1.83. The van der Waals surface area contributed by atoms with Crippen molar-refractivity contribution in [2.24, 2.45) is 11.7 Å². The van der Waals surface area contributed by atoms with Gasteiger partial charge in [-0.15, -0.1) is 0 Å². The van der Waals surface area contributed by atoms with E-state index in [9.17, 15) is 9.59 Å². The van der Waals surface area contributed by atoms with Gasteiger partial charge in [0.05, 0.1) is 12.0 Å². The molecular weight excluding hydrogens is 244 g/mol. The van der Waals surface area contributed by atoms with Crippen molar-refractivity contribution in [2.45, 2.75) is 33.2 Å². The second-order valence-electron chi connectivity index (χ2n) is 5.01. The summed E-state index contributed by atoms with van der Waals surface area (Å²) in [5, 5.41) is 12.0. The molecule has 0 heterocycles.